The Bertz CT molecular complexity index is 496. The molecule has 18 heavy (non-hydrogen) atoms. The van der Waals surface area contributed by atoms with Gasteiger partial charge in [0.25, 0.3) is 0 Å². The van der Waals surface area contributed by atoms with E-state index in [1.807, 2.05) is 12.1 Å². The lowest BCUT2D eigenvalue weighted by Crippen LogP contribution is -2.30. The normalized spacial score (nSPS) is 21.3. The molecule has 100 valence electrons. The molecule has 2 N–H and O–H groups in total. The largest absolute Gasteiger partial charge is 0.330 e. The summed E-state index contributed by atoms with van der Waals surface area (Å²) < 4.78 is 26.3. The summed E-state index contributed by atoms with van der Waals surface area (Å²) in [6.07, 6.45) is 1.78. The van der Waals surface area contributed by atoms with Gasteiger partial charge in [-0.05, 0) is 43.0 Å². The highest BCUT2D eigenvalue weighted by Crippen LogP contribution is 2.23. The lowest BCUT2D eigenvalue weighted by atomic mass is 10.1. The van der Waals surface area contributed by atoms with Gasteiger partial charge in [0.05, 0.1) is 4.90 Å². The zero-order valence-corrected chi connectivity index (χ0v) is 11.5. The van der Waals surface area contributed by atoms with Gasteiger partial charge in [-0.15, -0.1) is 0 Å². The van der Waals surface area contributed by atoms with E-state index in [-0.39, 0.29) is 0 Å². The molecule has 1 aliphatic heterocycles. The first-order chi connectivity index (χ1) is 8.57. The molecule has 0 saturated carbocycles. The maximum atomic E-state index is 12.4. The van der Waals surface area contributed by atoms with Crippen molar-refractivity contribution in [2.45, 2.75) is 24.7 Å². The lowest BCUT2D eigenvalue weighted by Gasteiger charge is -2.16. The number of benzene rings is 1. The maximum absolute atomic E-state index is 12.4. The smallest absolute Gasteiger partial charge is 0.243 e. The first kappa shape index (κ1) is 13.5. The summed E-state index contributed by atoms with van der Waals surface area (Å²) in [5.41, 5.74) is 6.74. The third-order valence-corrected chi connectivity index (χ3v) is 5.43. The maximum Gasteiger partial charge on any atom is 0.243 e. The molecule has 0 aliphatic carbocycles. The molecule has 5 heteroatoms. The van der Waals surface area contributed by atoms with Gasteiger partial charge in [0, 0.05) is 13.1 Å². The van der Waals surface area contributed by atoms with Gasteiger partial charge in [-0.3, -0.25) is 0 Å². The Balaban J connectivity index is 2.20. The highest BCUT2D eigenvalue weighted by atomic mass is 32.2. The van der Waals surface area contributed by atoms with Crippen molar-refractivity contribution in [1.29, 1.82) is 0 Å². The second-order valence-corrected chi connectivity index (χ2v) is 6.69. The summed E-state index contributed by atoms with van der Waals surface area (Å²) in [7, 11) is -3.33. The van der Waals surface area contributed by atoms with Crippen LogP contribution in [0.25, 0.3) is 0 Å². The Kier molecular flexibility index (Phi) is 4.04. The molecular weight excluding hydrogens is 248 g/mol. The molecule has 0 bridgehead atoms. The molecule has 1 saturated heterocycles. The molecule has 2 rings (SSSR count). The van der Waals surface area contributed by atoms with Gasteiger partial charge in [0.15, 0.2) is 0 Å². The van der Waals surface area contributed by atoms with Crippen LogP contribution in [-0.2, 0) is 16.4 Å². The van der Waals surface area contributed by atoms with Gasteiger partial charge in [-0.1, -0.05) is 19.1 Å². The van der Waals surface area contributed by atoms with Crippen molar-refractivity contribution in [3.8, 4) is 0 Å². The van der Waals surface area contributed by atoms with Crippen LogP contribution in [0.3, 0.4) is 0 Å². The molecule has 4 nitrogen and oxygen atoms in total. The standard InChI is InChI=1S/C13H20N2O2S/c1-2-11-3-5-13(6-4-11)18(16,17)15-8-7-12(9-14)10-15/h3-6,12H,2,7-10,14H2,1H3/t12-/m1/s1. The average molecular weight is 268 g/mol. The lowest BCUT2D eigenvalue weighted by molar-refractivity contribution is 0.459. The molecule has 1 atom stereocenters. The summed E-state index contributed by atoms with van der Waals surface area (Å²) in [5, 5.41) is 0. The second-order valence-electron chi connectivity index (χ2n) is 4.75. The molecular formula is C13H20N2O2S. The van der Waals surface area contributed by atoms with Crippen molar-refractivity contribution in [3.63, 3.8) is 0 Å². The SMILES string of the molecule is CCc1ccc(S(=O)(=O)N2CC[C@H](CN)C2)cc1. The molecule has 1 aromatic rings. The third kappa shape index (κ3) is 2.58. The number of sulfonamides is 1. The van der Waals surface area contributed by atoms with Crippen molar-refractivity contribution in [1.82, 2.24) is 4.31 Å². The second kappa shape index (κ2) is 5.38. The summed E-state index contributed by atoms with van der Waals surface area (Å²) in [4.78, 5) is 0.386. The molecule has 1 fully saturated rings. The van der Waals surface area contributed by atoms with Crippen LogP contribution in [0.1, 0.15) is 18.9 Å². The minimum absolute atomic E-state index is 0.301. The number of nitrogens with zero attached hydrogens (tertiary/aromatic N) is 1. The molecule has 0 radical (unpaired) electrons. The van der Waals surface area contributed by atoms with Crippen LogP contribution in [0.4, 0.5) is 0 Å². The van der Waals surface area contributed by atoms with E-state index >= 15 is 0 Å². The van der Waals surface area contributed by atoms with Crippen LogP contribution in [0.15, 0.2) is 29.2 Å². The molecule has 0 aromatic heterocycles. The van der Waals surface area contributed by atoms with Crippen molar-refractivity contribution in [2.75, 3.05) is 19.6 Å². The monoisotopic (exact) mass is 268 g/mol. The van der Waals surface area contributed by atoms with E-state index in [2.05, 4.69) is 6.92 Å². The molecule has 1 aromatic carbocycles. The number of hydrogen-bond donors (Lipinski definition) is 1. The Morgan fingerprint density at radius 1 is 1.33 bits per heavy atom. The van der Waals surface area contributed by atoms with Crippen LogP contribution in [-0.4, -0.2) is 32.4 Å². The van der Waals surface area contributed by atoms with Crippen LogP contribution in [0, 0.1) is 5.92 Å². The summed E-state index contributed by atoms with van der Waals surface area (Å²) in [6, 6.07) is 7.15. The van der Waals surface area contributed by atoms with Crippen LogP contribution in [0.5, 0.6) is 0 Å². The molecule has 0 unspecified atom stereocenters. The molecule has 1 heterocycles. The highest BCUT2D eigenvalue weighted by molar-refractivity contribution is 7.89. The minimum Gasteiger partial charge on any atom is -0.330 e. The average Bonchev–Trinajstić information content (AvgIpc) is 2.88. The van der Waals surface area contributed by atoms with Gasteiger partial charge in [-0.25, -0.2) is 8.42 Å². The highest BCUT2D eigenvalue weighted by Gasteiger charge is 2.31. The van der Waals surface area contributed by atoms with E-state index in [9.17, 15) is 8.42 Å². The minimum atomic E-state index is -3.33. The van der Waals surface area contributed by atoms with Crippen molar-refractivity contribution in [2.24, 2.45) is 11.7 Å². The van der Waals surface area contributed by atoms with Gasteiger partial charge >= 0.3 is 0 Å². The van der Waals surface area contributed by atoms with Gasteiger partial charge in [0.2, 0.25) is 10.0 Å². The number of nitrogens with two attached hydrogens (primary N) is 1. The van der Waals surface area contributed by atoms with Gasteiger partial charge < -0.3 is 5.73 Å². The number of rotatable bonds is 4. The molecule has 1 aliphatic rings. The van der Waals surface area contributed by atoms with Crippen molar-refractivity contribution < 1.29 is 8.42 Å². The summed E-state index contributed by atoms with van der Waals surface area (Å²) >= 11 is 0. The third-order valence-electron chi connectivity index (χ3n) is 3.55. The number of hydrogen-bond acceptors (Lipinski definition) is 3. The zero-order valence-electron chi connectivity index (χ0n) is 10.7. The predicted octanol–water partition coefficient (Wildman–Crippen LogP) is 1.22. The summed E-state index contributed by atoms with van der Waals surface area (Å²) in [6.45, 7) is 3.74. The van der Waals surface area contributed by atoms with E-state index in [1.54, 1.807) is 16.4 Å². The first-order valence-electron chi connectivity index (χ1n) is 6.37. The fraction of sp³-hybridized carbons (Fsp3) is 0.538. The Morgan fingerprint density at radius 2 is 2.00 bits per heavy atom. The van der Waals surface area contributed by atoms with Crippen LogP contribution in [0.2, 0.25) is 0 Å². The van der Waals surface area contributed by atoms with E-state index in [0.29, 0.717) is 30.4 Å². The zero-order chi connectivity index (χ0) is 13.2. The summed E-state index contributed by atoms with van der Waals surface area (Å²) in [5.74, 6) is 0.301. The predicted molar refractivity (Wildman–Crippen MR) is 71.7 cm³/mol. The quantitative estimate of drug-likeness (QED) is 0.893. The fourth-order valence-electron chi connectivity index (χ4n) is 2.25. The van der Waals surface area contributed by atoms with Gasteiger partial charge in [0.1, 0.15) is 0 Å². The van der Waals surface area contributed by atoms with E-state index in [1.165, 1.54) is 0 Å². The van der Waals surface area contributed by atoms with E-state index < -0.39 is 10.0 Å². The van der Waals surface area contributed by atoms with Crippen molar-refractivity contribution in [3.05, 3.63) is 29.8 Å². The van der Waals surface area contributed by atoms with Crippen molar-refractivity contribution >= 4 is 10.0 Å². The van der Waals surface area contributed by atoms with Crippen LogP contribution >= 0.6 is 0 Å². The van der Waals surface area contributed by atoms with Crippen LogP contribution < -0.4 is 5.73 Å². The fourth-order valence-corrected chi connectivity index (χ4v) is 3.79. The number of aryl methyl sites for hydroxylation is 1. The first-order valence-corrected chi connectivity index (χ1v) is 7.81. The van der Waals surface area contributed by atoms with Gasteiger partial charge in [-0.2, -0.15) is 4.31 Å². The van der Waals surface area contributed by atoms with E-state index in [0.717, 1.165) is 18.4 Å². The Morgan fingerprint density at radius 3 is 2.50 bits per heavy atom. The molecule has 0 spiro atoms. The Labute approximate surface area is 109 Å². The van der Waals surface area contributed by atoms with E-state index in [4.69, 9.17) is 5.73 Å². The topological polar surface area (TPSA) is 63.4 Å². The molecule has 0 amide bonds. The Hall–Kier alpha value is -0.910.